The Hall–Kier alpha value is -1.88. The van der Waals surface area contributed by atoms with Crippen LogP contribution in [0.5, 0.6) is 0 Å². The summed E-state index contributed by atoms with van der Waals surface area (Å²) in [5, 5.41) is 9.30. The number of nitrogens with one attached hydrogen (secondary N) is 2. The monoisotopic (exact) mass is 264 g/mol. The lowest BCUT2D eigenvalue weighted by Gasteiger charge is -2.05. The Balaban J connectivity index is 1.87. The number of aromatic amines is 1. The Morgan fingerprint density at radius 1 is 1.44 bits per heavy atom. The van der Waals surface area contributed by atoms with Gasteiger partial charge in [-0.25, -0.2) is 4.98 Å². The molecule has 1 aromatic carbocycles. The van der Waals surface area contributed by atoms with Gasteiger partial charge in [0.15, 0.2) is 0 Å². The number of halogens is 1. The molecule has 0 unspecified atom stereocenters. The Labute approximate surface area is 110 Å². The van der Waals surface area contributed by atoms with Crippen molar-refractivity contribution in [2.24, 2.45) is 0 Å². The molecule has 1 aromatic heterocycles. The third kappa shape index (κ3) is 3.30. The van der Waals surface area contributed by atoms with Gasteiger partial charge >= 0.3 is 0 Å². The largest absolute Gasteiger partial charge is 0.352 e. The maximum Gasteiger partial charge on any atom is 0.251 e. The number of hydrogen-bond acceptors (Lipinski definition) is 3. The fourth-order valence-corrected chi connectivity index (χ4v) is 1.71. The number of hydrogen-bond donors (Lipinski definition) is 2. The summed E-state index contributed by atoms with van der Waals surface area (Å²) in [4.78, 5) is 15.8. The van der Waals surface area contributed by atoms with Crippen molar-refractivity contribution in [2.45, 2.75) is 12.3 Å². The normalized spacial score (nSPS) is 10.3. The lowest BCUT2D eigenvalue weighted by molar-refractivity contribution is 0.0954. The Morgan fingerprint density at radius 2 is 2.33 bits per heavy atom. The van der Waals surface area contributed by atoms with Crippen LogP contribution in [0.3, 0.4) is 0 Å². The summed E-state index contributed by atoms with van der Waals surface area (Å²) in [5.74, 6) is 1.05. The van der Waals surface area contributed by atoms with E-state index in [1.807, 2.05) is 12.1 Å². The van der Waals surface area contributed by atoms with Crippen molar-refractivity contribution in [1.29, 1.82) is 0 Å². The first-order valence-electron chi connectivity index (χ1n) is 5.57. The summed E-state index contributed by atoms with van der Waals surface area (Å²) in [6.07, 6.45) is 2.07. The molecule has 0 saturated heterocycles. The summed E-state index contributed by atoms with van der Waals surface area (Å²) < 4.78 is 0. The predicted molar refractivity (Wildman–Crippen MR) is 68.4 cm³/mol. The highest BCUT2D eigenvalue weighted by Crippen LogP contribution is 2.07. The van der Waals surface area contributed by atoms with Crippen LogP contribution in [0.1, 0.15) is 21.7 Å². The third-order valence-electron chi connectivity index (χ3n) is 2.46. The topological polar surface area (TPSA) is 70.7 Å². The van der Waals surface area contributed by atoms with Crippen LogP contribution < -0.4 is 5.32 Å². The van der Waals surface area contributed by atoms with Crippen LogP contribution in [-0.2, 0) is 12.3 Å². The molecule has 6 heteroatoms. The number of carbonyl (C=O) groups excluding carboxylic acids is 1. The van der Waals surface area contributed by atoms with Gasteiger partial charge in [0.05, 0.1) is 0 Å². The van der Waals surface area contributed by atoms with Gasteiger partial charge in [-0.15, -0.1) is 11.6 Å². The minimum Gasteiger partial charge on any atom is -0.352 e. The second-order valence-corrected chi connectivity index (χ2v) is 4.04. The summed E-state index contributed by atoms with van der Waals surface area (Å²) in [7, 11) is 0. The zero-order chi connectivity index (χ0) is 12.8. The second-order valence-electron chi connectivity index (χ2n) is 3.77. The molecule has 0 aliphatic carbocycles. The first-order valence-corrected chi connectivity index (χ1v) is 6.10. The lowest BCUT2D eigenvalue weighted by atomic mass is 10.1. The zero-order valence-corrected chi connectivity index (χ0v) is 10.4. The molecule has 2 N–H and O–H groups in total. The van der Waals surface area contributed by atoms with E-state index in [2.05, 4.69) is 20.5 Å². The minimum atomic E-state index is -0.110. The first-order chi connectivity index (χ1) is 8.79. The van der Waals surface area contributed by atoms with E-state index in [9.17, 15) is 4.79 Å². The van der Waals surface area contributed by atoms with Gasteiger partial charge in [0.1, 0.15) is 12.2 Å². The molecule has 0 saturated carbocycles. The van der Waals surface area contributed by atoms with Crippen molar-refractivity contribution in [3.63, 3.8) is 0 Å². The molecule has 18 heavy (non-hydrogen) atoms. The van der Waals surface area contributed by atoms with Crippen LogP contribution in [-0.4, -0.2) is 27.6 Å². The fourth-order valence-electron chi connectivity index (χ4n) is 1.54. The molecule has 0 aliphatic heterocycles. The Morgan fingerprint density at radius 3 is 3.06 bits per heavy atom. The second kappa shape index (κ2) is 6.16. The van der Waals surface area contributed by atoms with E-state index < -0.39 is 0 Å². The van der Waals surface area contributed by atoms with Gasteiger partial charge in [0.2, 0.25) is 0 Å². The standard InChI is InChI=1S/C12H13ClN4O/c13-7-9-2-1-3-10(6-9)12(18)14-5-4-11-15-8-16-17-11/h1-3,6,8H,4-5,7H2,(H,14,18)(H,15,16,17). The van der Waals surface area contributed by atoms with Crippen LogP contribution in [0.15, 0.2) is 30.6 Å². The molecule has 0 radical (unpaired) electrons. The number of H-pyrrole nitrogens is 1. The highest BCUT2D eigenvalue weighted by molar-refractivity contribution is 6.17. The van der Waals surface area contributed by atoms with E-state index >= 15 is 0 Å². The van der Waals surface area contributed by atoms with Crippen molar-refractivity contribution < 1.29 is 4.79 Å². The van der Waals surface area contributed by atoms with E-state index in [-0.39, 0.29) is 5.91 Å². The van der Waals surface area contributed by atoms with Gasteiger partial charge in [0.25, 0.3) is 5.91 Å². The van der Waals surface area contributed by atoms with E-state index in [1.165, 1.54) is 6.33 Å². The molecular weight excluding hydrogens is 252 g/mol. The summed E-state index contributed by atoms with van der Waals surface area (Å²) in [5.41, 5.74) is 1.55. The average molecular weight is 265 g/mol. The molecule has 0 bridgehead atoms. The number of aromatic nitrogens is 3. The molecule has 1 amide bonds. The molecule has 0 aliphatic rings. The Kier molecular flexibility index (Phi) is 4.30. The molecule has 0 spiro atoms. The SMILES string of the molecule is O=C(NCCc1ncn[nH]1)c1cccc(CCl)c1. The van der Waals surface area contributed by atoms with Crippen LogP contribution in [0, 0.1) is 0 Å². The van der Waals surface area contributed by atoms with E-state index in [0.29, 0.717) is 24.4 Å². The fraction of sp³-hybridized carbons (Fsp3) is 0.250. The third-order valence-corrected chi connectivity index (χ3v) is 2.76. The number of benzene rings is 1. The maximum atomic E-state index is 11.8. The quantitative estimate of drug-likeness (QED) is 0.805. The van der Waals surface area contributed by atoms with Gasteiger partial charge < -0.3 is 5.32 Å². The predicted octanol–water partition coefficient (Wildman–Crippen LogP) is 1.52. The summed E-state index contributed by atoms with van der Waals surface area (Å²) >= 11 is 5.72. The van der Waals surface area contributed by atoms with Gasteiger partial charge in [-0.05, 0) is 17.7 Å². The number of nitrogens with zero attached hydrogens (tertiary/aromatic N) is 2. The summed E-state index contributed by atoms with van der Waals surface area (Å²) in [6, 6.07) is 7.26. The smallest absolute Gasteiger partial charge is 0.251 e. The van der Waals surface area contributed by atoms with Gasteiger partial charge in [-0.1, -0.05) is 12.1 Å². The van der Waals surface area contributed by atoms with E-state index in [0.717, 1.165) is 11.4 Å². The maximum absolute atomic E-state index is 11.8. The van der Waals surface area contributed by atoms with Crippen LogP contribution >= 0.6 is 11.6 Å². The van der Waals surface area contributed by atoms with Gasteiger partial charge in [0, 0.05) is 24.4 Å². The van der Waals surface area contributed by atoms with Crippen molar-refractivity contribution in [3.05, 3.63) is 47.5 Å². The molecule has 94 valence electrons. The van der Waals surface area contributed by atoms with Crippen molar-refractivity contribution >= 4 is 17.5 Å². The highest BCUT2D eigenvalue weighted by atomic mass is 35.5. The molecular formula is C12H13ClN4O. The number of carbonyl (C=O) groups is 1. The molecule has 2 aromatic rings. The van der Waals surface area contributed by atoms with Crippen molar-refractivity contribution in [3.8, 4) is 0 Å². The summed E-state index contributed by atoms with van der Waals surface area (Å²) in [6.45, 7) is 0.513. The van der Waals surface area contributed by atoms with Crippen molar-refractivity contribution in [1.82, 2.24) is 20.5 Å². The highest BCUT2D eigenvalue weighted by Gasteiger charge is 2.05. The zero-order valence-electron chi connectivity index (χ0n) is 9.69. The number of alkyl halides is 1. The minimum absolute atomic E-state index is 0.110. The number of rotatable bonds is 5. The molecule has 5 nitrogen and oxygen atoms in total. The number of amides is 1. The van der Waals surface area contributed by atoms with Crippen LogP contribution in [0.25, 0.3) is 0 Å². The van der Waals surface area contributed by atoms with Crippen LogP contribution in [0.4, 0.5) is 0 Å². The first kappa shape index (κ1) is 12.6. The molecule has 2 rings (SSSR count). The van der Waals surface area contributed by atoms with Crippen molar-refractivity contribution in [2.75, 3.05) is 6.54 Å². The molecule has 0 fully saturated rings. The van der Waals surface area contributed by atoms with E-state index in [1.54, 1.807) is 12.1 Å². The molecule has 1 heterocycles. The van der Waals surface area contributed by atoms with Crippen LogP contribution in [0.2, 0.25) is 0 Å². The Bertz CT molecular complexity index is 513. The van der Waals surface area contributed by atoms with Gasteiger partial charge in [-0.3, -0.25) is 9.89 Å². The van der Waals surface area contributed by atoms with Gasteiger partial charge in [-0.2, -0.15) is 5.10 Å². The van der Waals surface area contributed by atoms with E-state index in [4.69, 9.17) is 11.6 Å². The lowest BCUT2D eigenvalue weighted by Crippen LogP contribution is -2.26. The average Bonchev–Trinajstić information content (AvgIpc) is 2.92. The molecule has 0 atom stereocenters.